The molecule has 0 aliphatic carbocycles. The Morgan fingerprint density at radius 3 is 2.67 bits per heavy atom. The zero-order valence-corrected chi connectivity index (χ0v) is 17.5. The fraction of sp³-hybridized carbons (Fsp3) is 0.167. The minimum atomic E-state index is -4.55. The fourth-order valence-corrected chi connectivity index (χ4v) is 3.69. The van der Waals surface area contributed by atoms with Gasteiger partial charge in [-0.2, -0.15) is 13.2 Å². The van der Waals surface area contributed by atoms with Crippen molar-refractivity contribution in [1.29, 1.82) is 0 Å². The van der Waals surface area contributed by atoms with Gasteiger partial charge in [0.15, 0.2) is 16.6 Å². The van der Waals surface area contributed by atoms with Crippen LogP contribution in [0.5, 0.6) is 0 Å². The molecule has 0 radical (unpaired) electrons. The summed E-state index contributed by atoms with van der Waals surface area (Å²) in [6.07, 6.45) is -2.27. The van der Waals surface area contributed by atoms with E-state index in [2.05, 4.69) is 25.7 Å². The summed E-state index contributed by atoms with van der Waals surface area (Å²) < 4.78 is 41.6. The number of fused-ring (bicyclic) bond motifs is 1. The van der Waals surface area contributed by atoms with Crippen LogP contribution in [0.25, 0.3) is 5.65 Å². The summed E-state index contributed by atoms with van der Waals surface area (Å²) in [5.74, 6) is -0.606. The van der Waals surface area contributed by atoms with Crippen molar-refractivity contribution in [3.8, 4) is 0 Å². The third-order valence-electron chi connectivity index (χ3n) is 4.50. The molecule has 0 saturated carbocycles. The summed E-state index contributed by atoms with van der Waals surface area (Å²) in [5.41, 5.74) is -1.03. The molecule has 11 nitrogen and oxygen atoms in total. The predicted molar refractivity (Wildman–Crippen MR) is 107 cm³/mol. The van der Waals surface area contributed by atoms with E-state index < -0.39 is 22.6 Å². The average Bonchev–Trinajstić information content (AvgIpc) is 3.36. The largest absolute Gasteiger partial charge is 0.417 e. The molecule has 1 amide bonds. The normalized spacial score (nSPS) is 11.6. The van der Waals surface area contributed by atoms with Crippen LogP contribution in [-0.4, -0.2) is 40.2 Å². The highest BCUT2D eigenvalue weighted by atomic mass is 32.2. The number of nitro groups is 1. The number of hydrogen-bond acceptors (Lipinski definition) is 8. The Kier molecular flexibility index (Phi) is 5.71. The number of aryl methyl sites for hydroxylation is 1. The Bertz CT molecular complexity index is 1370. The van der Waals surface area contributed by atoms with Gasteiger partial charge in [-0.3, -0.25) is 19.3 Å². The van der Waals surface area contributed by atoms with Crippen molar-refractivity contribution in [3.63, 3.8) is 0 Å². The number of rotatable bonds is 6. The highest BCUT2D eigenvalue weighted by Crippen LogP contribution is 2.34. The van der Waals surface area contributed by atoms with Crippen LogP contribution in [-0.2, 0) is 19.8 Å². The van der Waals surface area contributed by atoms with Crippen LogP contribution >= 0.6 is 11.8 Å². The number of carbonyl (C=O) groups is 1. The summed E-state index contributed by atoms with van der Waals surface area (Å²) in [7, 11) is 1.68. The maximum Gasteiger partial charge on any atom is 0.417 e. The van der Waals surface area contributed by atoms with Gasteiger partial charge in [0.05, 0.1) is 21.9 Å². The molecule has 0 saturated heterocycles. The second-order valence-electron chi connectivity index (χ2n) is 6.71. The van der Waals surface area contributed by atoms with Crippen molar-refractivity contribution < 1.29 is 22.9 Å². The maximum absolute atomic E-state index is 13.0. The number of halogens is 3. The Labute approximate surface area is 186 Å². The van der Waals surface area contributed by atoms with Crippen LogP contribution in [0.1, 0.15) is 21.7 Å². The Morgan fingerprint density at radius 1 is 1.21 bits per heavy atom. The predicted octanol–water partition coefficient (Wildman–Crippen LogP) is 2.87. The molecule has 0 aliphatic heterocycles. The number of benzene rings is 1. The van der Waals surface area contributed by atoms with Crippen LogP contribution in [0.2, 0.25) is 0 Å². The van der Waals surface area contributed by atoms with Gasteiger partial charge in [-0.15, -0.1) is 20.4 Å². The Morgan fingerprint density at radius 2 is 2.00 bits per heavy atom. The molecule has 0 fully saturated rings. The van der Waals surface area contributed by atoms with Gasteiger partial charge < -0.3 is 9.88 Å². The summed E-state index contributed by atoms with van der Waals surface area (Å²) in [6, 6.07) is 5.96. The first kappa shape index (κ1) is 22.2. The molecule has 0 aliphatic rings. The molecule has 1 aromatic carbocycles. The lowest BCUT2D eigenvalue weighted by atomic mass is 10.2. The highest BCUT2D eigenvalue weighted by Gasteiger charge is 2.31. The SMILES string of the molecule is Cn1cnnc1Sc1ccc(C(=O)NCc2nnc3ccc(C(F)(F)F)cn23)cc1[N+](=O)[O-]. The van der Waals surface area contributed by atoms with Crippen molar-refractivity contribution in [3.05, 3.63) is 69.9 Å². The average molecular weight is 478 g/mol. The van der Waals surface area contributed by atoms with Crippen molar-refractivity contribution in [2.24, 2.45) is 7.05 Å². The lowest BCUT2D eigenvalue weighted by Crippen LogP contribution is -2.24. The van der Waals surface area contributed by atoms with Crippen LogP contribution < -0.4 is 5.32 Å². The molecule has 4 rings (SSSR count). The topological polar surface area (TPSA) is 133 Å². The lowest BCUT2D eigenvalue weighted by molar-refractivity contribution is -0.387. The second-order valence-corrected chi connectivity index (χ2v) is 7.72. The van der Waals surface area contributed by atoms with Gasteiger partial charge >= 0.3 is 6.18 Å². The second kappa shape index (κ2) is 8.50. The molecule has 1 N–H and O–H groups in total. The smallest absolute Gasteiger partial charge is 0.345 e. The fourth-order valence-electron chi connectivity index (χ4n) is 2.84. The van der Waals surface area contributed by atoms with Gasteiger partial charge in [0.1, 0.15) is 6.33 Å². The number of nitro benzene ring substituents is 1. The van der Waals surface area contributed by atoms with E-state index in [4.69, 9.17) is 0 Å². The van der Waals surface area contributed by atoms with E-state index in [1.165, 1.54) is 18.5 Å². The molecule has 0 unspecified atom stereocenters. The Hall–Kier alpha value is -4.01. The van der Waals surface area contributed by atoms with E-state index in [9.17, 15) is 28.1 Å². The van der Waals surface area contributed by atoms with E-state index in [-0.39, 0.29) is 34.2 Å². The van der Waals surface area contributed by atoms with Crippen molar-refractivity contribution in [1.82, 2.24) is 34.7 Å². The van der Waals surface area contributed by atoms with E-state index in [1.807, 2.05) is 0 Å². The number of alkyl halides is 3. The van der Waals surface area contributed by atoms with Gasteiger partial charge in [0, 0.05) is 24.9 Å². The highest BCUT2D eigenvalue weighted by molar-refractivity contribution is 7.99. The molecule has 4 aromatic rings. The first-order chi connectivity index (χ1) is 15.6. The van der Waals surface area contributed by atoms with Crippen molar-refractivity contribution >= 4 is 29.0 Å². The zero-order valence-electron chi connectivity index (χ0n) is 16.6. The van der Waals surface area contributed by atoms with E-state index >= 15 is 0 Å². The molecular weight excluding hydrogens is 465 g/mol. The van der Waals surface area contributed by atoms with Gasteiger partial charge in [0.2, 0.25) is 0 Å². The molecule has 170 valence electrons. The third kappa shape index (κ3) is 4.62. The molecular formula is C18H13F3N8O3S. The van der Waals surface area contributed by atoms with Crippen molar-refractivity contribution in [2.45, 2.75) is 22.8 Å². The Balaban J connectivity index is 1.53. The standard InChI is InChI=1S/C18H13F3N8O3S/c1-27-9-23-26-17(27)33-13-4-2-10(6-12(13)29(31)32)16(30)22-7-15-25-24-14-5-3-11(8-28(14)15)18(19,20)21/h2-6,8-9H,7H2,1H3,(H,22,30). The maximum atomic E-state index is 13.0. The molecule has 3 heterocycles. The van der Waals surface area contributed by atoms with Gasteiger partial charge in [0.25, 0.3) is 11.6 Å². The monoisotopic (exact) mass is 478 g/mol. The van der Waals surface area contributed by atoms with E-state index in [0.717, 1.165) is 40.6 Å². The van der Waals surface area contributed by atoms with E-state index in [0.29, 0.717) is 5.16 Å². The van der Waals surface area contributed by atoms with Crippen LogP contribution in [0.3, 0.4) is 0 Å². The summed E-state index contributed by atoms with van der Waals surface area (Å²) in [4.78, 5) is 23.7. The quantitative estimate of drug-likeness (QED) is 0.330. The number of pyridine rings is 1. The molecule has 33 heavy (non-hydrogen) atoms. The molecule has 0 atom stereocenters. The molecule has 0 bridgehead atoms. The molecule has 15 heteroatoms. The van der Waals surface area contributed by atoms with Crippen molar-refractivity contribution in [2.75, 3.05) is 0 Å². The van der Waals surface area contributed by atoms with Gasteiger partial charge in [-0.1, -0.05) is 0 Å². The summed E-state index contributed by atoms with van der Waals surface area (Å²) >= 11 is 1.01. The number of aromatic nitrogens is 6. The van der Waals surface area contributed by atoms with Crippen LogP contribution in [0, 0.1) is 10.1 Å². The minimum absolute atomic E-state index is 0.00573. The van der Waals surface area contributed by atoms with Gasteiger partial charge in [-0.05, 0) is 36.0 Å². The first-order valence-corrected chi connectivity index (χ1v) is 9.94. The number of amides is 1. The summed E-state index contributed by atoms with van der Waals surface area (Å²) in [6.45, 7) is -0.245. The minimum Gasteiger partial charge on any atom is -0.345 e. The number of nitrogens with zero attached hydrogens (tertiary/aromatic N) is 7. The first-order valence-electron chi connectivity index (χ1n) is 9.13. The number of nitrogens with one attached hydrogen (secondary N) is 1. The van der Waals surface area contributed by atoms with Crippen LogP contribution in [0.15, 0.2) is 52.9 Å². The van der Waals surface area contributed by atoms with E-state index in [1.54, 1.807) is 11.6 Å². The number of carbonyl (C=O) groups excluding carboxylic acids is 1. The zero-order chi connectivity index (χ0) is 23.8. The van der Waals surface area contributed by atoms with Gasteiger partial charge in [-0.25, -0.2) is 0 Å². The molecule has 3 aromatic heterocycles. The lowest BCUT2D eigenvalue weighted by Gasteiger charge is -2.08. The molecule has 0 spiro atoms. The third-order valence-corrected chi connectivity index (χ3v) is 5.61. The number of hydrogen-bond donors (Lipinski definition) is 1. The summed E-state index contributed by atoms with van der Waals surface area (Å²) in [5, 5.41) is 29.6. The van der Waals surface area contributed by atoms with Crippen LogP contribution in [0.4, 0.5) is 18.9 Å².